The fourth-order valence-corrected chi connectivity index (χ4v) is 3.79. The Morgan fingerprint density at radius 1 is 1.21 bits per heavy atom. The van der Waals surface area contributed by atoms with Crippen molar-refractivity contribution in [1.82, 2.24) is 24.5 Å². The Balaban J connectivity index is 1.58. The summed E-state index contributed by atoms with van der Waals surface area (Å²) in [6.07, 6.45) is 5.45. The summed E-state index contributed by atoms with van der Waals surface area (Å²) in [6.45, 7) is 0. The van der Waals surface area contributed by atoms with Gasteiger partial charge in [-0.3, -0.25) is 9.47 Å². The van der Waals surface area contributed by atoms with Gasteiger partial charge in [-0.2, -0.15) is 0 Å². The molecule has 1 N–H and O–H groups in total. The molecular weight excluding hydrogens is 396 g/mol. The second-order valence-electron chi connectivity index (χ2n) is 5.58. The maximum Gasteiger partial charge on any atom is 0.236 e. The molecule has 0 aliphatic rings. The average molecular weight is 413 g/mol. The summed E-state index contributed by atoms with van der Waals surface area (Å²) in [4.78, 5) is 16.2. The highest BCUT2D eigenvalue weighted by molar-refractivity contribution is 7.99. The molecule has 3 heterocycles. The molecule has 1 aromatic carbocycles. The van der Waals surface area contributed by atoms with Crippen LogP contribution < -0.4 is 10.1 Å². The van der Waals surface area contributed by atoms with Gasteiger partial charge >= 0.3 is 0 Å². The molecule has 8 nitrogen and oxygen atoms in total. The second kappa shape index (κ2) is 8.28. The number of aromatic nitrogens is 5. The minimum atomic E-state index is -0.145. The van der Waals surface area contributed by atoms with Crippen LogP contribution in [0.3, 0.4) is 0 Å². The quantitative estimate of drug-likeness (QED) is 0.469. The zero-order valence-corrected chi connectivity index (χ0v) is 16.5. The Morgan fingerprint density at radius 2 is 2.00 bits per heavy atom. The van der Waals surface area contributed by atoms with Crippen molar-refractivity contribution in [2.24, 2.45) is 0 Å². The lowest BCUT2D eigenvalue weighted by Gasteiger charge is -2.11. The topological polar surface area (TPSA) is 86.9 Å². The van der Waals surface area contributed by atoms with Crippen LogP contribution in [0.5, 0.6) is 5.75 Å². The third-order valence-electron chi connectivity index (χ3n) is 3.79. The molecule has 0 radical (unpaired) electrons. The van der Waals surface area contributed by atoms with Crippen molar-refractivity contribution in [3.05, 3.63) is 60.4 Å². The van der Waals surface area contributed by atoms with Gasteiger partial charge < -0.3 is 10.1 Å². The van der Waals surface area contributed by atoms with E-state index in [-0.39, 0.29) is 11.7 Å². The molecule has 142 valence electrons. The SMILES string of the molecule is COc1ccc(-c2nnc(SCC(=O)Nc3nccs3)n2-n2cccc2)cc1. The minimum Gasteiger partial charge on any atom is -0.497 e. The van der Waals surface area contributed by atoms with Crippen molar-refractivity contribution in [3.63, 3.8) is 0 Å². The number of thiazole rings is 1. The smallest absolute Gasteiger partial charge is 0.236 e. The number of carbonyl (C=O) groups is 1. The highest BCUT2D eigenvalue weighted by atomic mass is 32.2. The minimum absolute atomic E-state index is 0.145. The lowest BCUT2D eigenvalue weighted by molar-refractivity contribution is -0.113. The van der Waals surface area contributed by atoms with Crippen molar-refractivity contribution in [2.45, 2.75) is 5.16 Å². The summed E-state index contributed by atoms with van der Waals surface area (Å²) < 4.78 is 8.96. The van der Waals surface area contributed by atoms with E-state index in [1.54, 1.807) is 13.3 Å². The van der Waals surface area contributed by atoms with E-state index in [2.05, 4.69) is 20.5 Å². The second-order valence-corrected chi connectivity index (χ2v) is 7.42. The number of anilines is 1. The van der Waals surface area contributed by atoms with Gasteiger partial charge in [-0.25, -0.2) is 9.66 Å². The van der Waals surface area contributed by atoms with Crippen LogP contribution in [0.4, 0.5) is 5.13 Å². The van der Waals surface area contributed by atoms with Gasteiger partial charge in [0.2, 0.25) is 11.1 Å². The first-order valence-electron chi connectivity index (χ1n) is 8.30. The summed E-state index contributed by atoms with van der Waals surface area (Å²) in [5.74, 6) is 1.49. The number of hydrogen-bond donors (Lipinski definition) is 1. The number of methoxy groups -OCH3 is 1. The normalized spacial score (nSPS) is 10.8. The van der Waals surface area contributed by atoms with Crippen LogP contribution in [0, 0.1) is 0 Å². The third-order valence-corrected chi connectivity index (χ3v) is 5.40. The van der Waals surface area contributed by atoms with E-state index in [1.165, 1.54) is 23.1 Å². The molecule has 0 atom stereocenters. The van der Waals surface area contributed by atoms with Gasteiger partial charge in [-0.05, 0) is 36.4 Å². The first-order chi connectivity index (χ1) is 13.7. The van der Waals surface area contributed by atoms with Crippen LogP contribution >= 0.6 is 23.1 Å². The standard InChI is InChI=1S/C18H16N6O2S2/c1-26-14-6-4-13(5-7-14)16-21-22-18(24(16)23-9-2-3-10-23)28-12-15(25)20-17-19-8-11-27-17/h2-11H,12H2,1H3,(H,19,20,25). The van der Waals surface area contributed by atoms with Crippen LogP contribution in [0.15, 0.2) is 65.5 Å². The first-order valence-corrected chi connectivity index (χ1v) is 10.2. The Bertz CT molecular complexity index is 1040. The zero-order valence-electron chi connectivity index (χ0n) is 14.8. The van der Waals surface area contributed by atoms with Crippen molar-refractivity contribution in [1.29, 1.82) is 0 Å². The van der Waals surface area contributed by atoms with Gasteiger partial charge in [-0.15, -0.1) is 21.5 Å². The number of nitrogens with zero attached hydrogens (tertiary/aromatic N) is 5. The van der Waals surface area contributed by atoms with Crippen LogP contribution in [0.25, 0.3) is 11.4 Å². The van der Waals surface area contributed by atoms with Crippen molar-refractivity contribution < 1.29 is 9.53 Å². The number of thioether (sulfide) groups is 1. The van der Waals surface area contributed by atoms with Gasteiger partial charge in [0.05, 0.1) is 12.9 Å². The molecule has 3 aromatic heterocycles. The van der Waals surface area contributed by atoms with E-state index >= 15 is 0 Å². The molecule has 0 saturated carbocycles. The van der Waals surface area contributed by atoms with Crippen molar-refractivity contribution in [2.75, 3.05) is 18.2 Å². The molecule has 0 spiro atoms. The van der Waals surface area contributed by atoms with Crippen LogP contribution in [-0.2, 0) is 4.79 Å². The van der Waals surface area contributed by atoms with Crippen molar-refractivity contribution in [3.8, 4) is 17.1 Å². The summed E-state index contributed by atoms with van der Waals surface area (Å²) >= 11 is 2.69. The summed E-state index contributed by atoms with van der Waals surface area (Å²) in [7, 11) is 1.63. The third kappa shape index (κ3) is 3.92. The van der Waals surface area contributed by atoms with E-state index in [4.69, 9.17) is 4.74 Å². The summed E-state index contributed by atoms with van der Waals surface area (Å²) in [5.41, 5.74) is 0.890. The van der Waals surface area contributed by atoms with Gasteiger partial charge in [0.1, 0.15) is 5.75 Å². The van der Waals surface area contributed by atoms with E-state index in [9.17, 15) is 4.79 Å². The number of carbonyl (C=O) groups excluding carboxylic acids is 1. The van der Waals surface area contributed by atoms with Gasteiger partial charge in [0.15, 0.2) is 11.0 Å². The lowest BCUT2D eigenvalue weighted by Crippen LogP contribution is -2.15. The number of amides is 1. The molecule has 0 unspecified atom stereocenters. The highest BCUT2D eigenvalue weighted by Crippen LogP contribution is 2.26. The van der Waals surface area contributed by atoms with Gasteiger partial charge in [0, 0.05) is 29.5 Å². The van der Waals surface area contributed by atoms with Crippen molar-refractivity contribution >= 4 is 34.1 Å². The number of ether oxygens (including phenoxy) is 1. The first kappa shape index (κ1) is 18.3. The molecule has 0 aliphatic carbocycles. The molecular formula is C18H16N6O2S2. The van der Waals surface area contributed by atoms with E-state index in [1.807, 2.05) is 63.5 Å². The zero-order chi connectivity index (χ0) is 19.3. The molecule has 10 heteroatoms. The lowest BCUT2D eigenvalue weighted by atomic mass is 10.2. The number of nitrogens with one attached hydrogen (secondary N) is 1. The van der Waals surface area contributed by atoms with E-state index in [0.717, 1.165) is 11.3 Å². The number of hydrogen-bond acceptors (Lipinski definition) is 7. The Labute approximate surface area is 169 Å². The average Bonchev–Trinajstić information content (AvgIpc) is 3.47. The Kier molecular flexibility index (Phi) is 5.40. The van der Waals surface area contributed by atoms with Crippen LogP contribution in [0.1, 0.15) is 0 Å². The fraction of sp³-hybridized carbons (Fsp3) is 0.111. The Hall–Kier alpha value is -3.11. The molecule has 4 rings (SSSR count). The monoisotopic (exact) mass is 412 g/mol. The molecule has 0 aliphatic heterocycles. The molecule has 28 heavy (non-hydrogen) atoms. The van der Waals surface area contributed by atoms with Crippen LogP contribution in [0.2, 0.25) is 0 Å². The van der Waals surface area contributed by atoms with Crippen LogP contribution in [-0.4, -0.2) is 43.3 Å². The van der Waals surface area contributed by atoms with Gasteiger partial charge in [-0.1, -0.05) is 11.8 Å². The highest BCUT2D eigenvalue weighted by Gasteiger charge is 2.17. The maximum absolute atomic E-state index is 12.2. The summed E-state index contributed by atoms with van der Waals surface area (Å²) in [5, 5.41) is 14.4. The maximum atomic E-state index is 12.2. The molecule has 4 aromatic rings. The fourth-order valence-electron chi connectivity index (χ4n) is 2.51. The molecule has 0 bridgehead atoms. The summed E-state index contributed by atoms with van der Waals surface area (Å²) in [6, 6.07) is 11.4. The van der Waals surface area contributed by atoms with Gasteiger partial charge in [0.25, 0.3) is 0 Å². The number of rotatable bonds is 7. The number of benzene rings is 1. The van der Waals surface area contributed by atoms with E-state index < -0.39 is 0 Å². The molecule has 1 amide bonds. The predicted molar refractivity (Wildman–Crippen MR) is 109 cm³/mol. The molecule has 0 saturated heterocycles. The largest absolute Gasteiger partial charge is 0.497 e. The Morgan fingerprint density at radius 3 is 2.68 bits per heavy atom. The van der Waals surface area contributed by atoms with E-state index in [0.29, 0.717) is 16.1 Å². The molecule has 0 fully saturated rings. The predicted octanol–water partition coefficient (Wildman–Crippen LogP) is 3.25.